The van der Waals surface area contributed by atoms with E-state index in [-0.39, 0.29) is 11.9 Å². The molecule has 142 valence electrons. The molecular weight excluding hydrogens is 344 g/mol. The first-order valence-corrected chi connectivity index (χ1v) is 8.92. The van der Waals surface area contributed by atoms with E-state index in [2.05, 4.69) is 5.32 Å². The van der Waals surface area contributed by atoms with Crippen LogP contribution in [0.3, 0.4) is 0 Å². The van der Waals surface area contributed by atoms with Crippen molar-refractivity contribution in [3.05, 3.63) is 59.7 Å². The van der Waals surface area contributed by atoms with Crippen molar-refractivity contribution in [3.8, 4) is 11.5 Å². The highest BCUT2D eigenvalue weighted by molar-refractivity contribution is 6.07. The fourth-order valence-electron chi connectivity index (χ4n) is 3.14. The van der Waals surface area contributed by atoms with Crippen molar-refractivity contribution in [2.75, 3.05) is 20.3 Å². The lowest BCUT2D eigenvalue weighted by Crippen LogP contribution is -2.41. The first-order valence-electron chi connectivity index (χ1n) is 8.92. The fraction of sp³-hybridized carbons (Fsp3) is 0.333. The summed E-state index contributed by atoms with van der Waals surface area (Å²) in [7, 11) is 1.58. The van der Waals surface area contributed by atoms with Crippen molar-refractivity contribution in [2.45, 2.75) is 25.8 Å². The number of imide groups is 1. The van der Waals surface area contributed by atoms with E-state index in [0.717, 1.165) is 16.9 Å². The summed E-state index contributed by atoms with van der Waals surface area (Å²) in [6.07, 6.45) is 0.561. The Hall–Kier alpha value is -3.02. The summed E-state index contributed by atoms with van der Waals surface area (Å²) in [4.78, 5) is 26.5. The largest absolute Gasteiger partial charge is 0.497 e. The topological polar surface area (TPSA) is 67.9 Å². The molecule has 0 bridgehead atoms. The van der Waals surface area contributed by atoms with E-state index in [4.69, 9.17) is 9.47 Å². The average molecular weight is 368 g/mol. The maximum Gasteiger partial charge on any atom is 0.325 e. The third-order valence-electron chi connectivity index (χ3n) is 4.73. The van der Waals surface area contributed by atoms with E-state index in [1.54, 1.807) is 38.3 Å². The number of methoxy groups -OCH3 is 1. The van der Waals surface area contributed by atoms with Crippen molar-refractivity contribution in [1.82, 2.24) is 10.2 Å². The zero-order valence-electron chi connectivity index (χ0n) is 15.8. The summed E-state index contributed by atoms with van der Waals surface area (Å²) in [6.45, 7) is 4.46. The molecule has 6 heteroatoms. The molecule has 1 fully saturated rings. The number of aryl methyl sites for hydroxylation is 1. The SMILES string of the molecule is COc1ccc(C2(C)NC(=O)N(CCCOc3cccc(C)c3)C2=O)cc1. The first-order chi connectivity index (χ1) is 12.9. The highest BCUT2D eigenvalue weighted by atomic mass is 16.5. The second-order valence-corrected chi connectivity index (χ2v) is 6.76. The Balaban J connectivity index is 1.60. The van der Waals surface area contributed by atoms with Crippen molar-refractivity contribution < 1.29 is 19.1 Å². The normalized spacial score (nSPS) is 19.1. The molecule has 0 spiro atoms. The molecule has 6 nitrogen and oxygen atoms in total. The highest BCUT2D eigenvalue weighted by Gasteiger charge is 2.48. The molecule has 3 rings (SSSR count). The molecule has 1 saturated heterocycles. The van der Waals surface area contributed by atoms with Crippen LogP contribution in [-0.4, -0.2) is 37.1 Å². The van der Waals surface area contributed by atoms with E-state index < -0.39 is 5.54 Å². The minimum atomic E-state index is -1.07. The Kier molecular flexibility index (Phi) is 5.35. The standard InChI is InChI=1S/C21H24N2O4/c1-15-6-4-7-18(14-15)27-13-5-12-23-19(24)21(2,22-20(23)25)16-8-10-17(26-3)11-9-16/h4,6-11,14H,5,12-13H2,1-3H3,(H,22,25). The summed E-state index contributed by atoms with van der Waals surface area (Å²) >= 11 is 0. The van der Waals surface area contributed by atoms with E-state index >= 15 is 0 Å². The number of hydrogen-bond donors (Lipinski definition) is 1. The Morgan fingerprint density at radius 1 is 1.07 bits per heavy atom. The predicted octanol–water partition coefficient (Wildman–Crippen LogP) is 3.24. The highest BCUT2D eigenvalue weighted by Crippen LogP contribution is 2.30. The quantitative estimate of drug-likeness (QED) is 0.602. The minimum Gasteiger partial charge on any atom is -0.497 e. The lowest BCUT2D eigenvalue weighted by molar-refractivity contribution is -0.131. The Labute approximate surface area is 159 Å². The molecule has 0 saturated carbocycles. The van der Waals surface area contributed by atoms with Gasteiger partial charge in [-0.3, -0.25) is 9.69 Å². The lowest BCUT2D eigenvalue weighted by atomic mass is 9.92. The number of carbonyl (C=O) groups is 2. The van der Waals surface area contributed by atoms with Crippen molar-refractivity contribution in [3.63, 3.8) is 0 Å². The maximum atomic E-state index is 12.9. The monoisotopic (exact) mass is 368 g/mol. The molecule has 2 aromatic rings. The van der Waals surface area contributed by atoms with Crippen LogP contribution in [0.4, 0.5) is 4.79 Å². The molecule has 1 aliphatic rings. The van der Waals surface area contributed by atoms with Crippen LogP contribution in [0.15, 0.2) is 48.5 Å². The molecular formula is C21H24N2O4. The predicted molar refractivity (Wildman–Crippen MR) is 102 cm³/mol. The molecule has 1 N–H and O–H groups in total. The van der Waals surface area contributed by atoms with Crippen LogP contribution < -0.4 is 14.8 Å². The number of urea groups is 1. The van der Waals surface area contributed by atoms with E-state index in [1.807, 2.05) is 31.2 Å². The summed E-state index contributed by atoms with van der Waals surface area (Å²) in [5, 5.41) is 2.81. The van der Waals surface area contributed by atoms with Gasteiger partial charge in [0.1, 0.15) is 17.0 Å². The second-order valence-electron chi connectivity index (χ2n) is 6.76. The summed E-state index contributed by atoms with van der Waals surface area (Å²) < 4.78 is 10.8. The summed E-state index contributed by atoms with van der Waals surface area (Å²) in [5.74, 6) is 1.23. The number of rotatable bonds is 7. The molecule has 1 aliphatic heterocycles. The Morgan fingerprint density at radius 2 is 1.81 bits per heavy atom. The van der Waals surface area contributed by atoms with Crippen molar-refractivity contribution in [1.29, 1.82) is 0 Å². The number of benzene rings is 2. The van der Waals surface area contributed by atoms with Gasteiger partial charge in [-0.15, -0.1) is 0 Å². The molecule has 1 heterocycles. The van der Waals surface area contributed by atoms with Crippen LogP contribution in [0.5, 0.6) is 11.5 Å². The van der Waals surface area contributed by atoms with Crippen LogP contribution in [0.25, 0.3) is 0 Å². The number of nitrogens with zero attached hydrogens (tertiary/aromatic N) is 1. The number of nitrogens with one attached hydrogen (secondary N) is 1. The van der Waals surface area contributed by atoms with Gasteiger partial charge in [0.05, 0.1) is 13.7 Å². The molecule has 27 heavy (non-hydrogen) atoms. The van der Waals surface area contributed by atoms with Gasteiger partial charge in [0, 0.05) is 6.54 Å². The molecule has 0 aliphatic carbocycles. The number of hydrogen-bond acceptors (Lipinski definition) is 4. The number of carbonyl (C=O) groups excluding carboxylic acids is 2. The van der Waals surface area contributed by atoms with Gasteiger partial charge in [-0.1, -0.05) is 24.3 Å². The van der Waals surface area contributed by atoms with Gasteiger partial charge in [0.25, 0.3) is 5.91 Å². The molecule has 2 aromatic carbocycles. The van der Waals surface area contributed by atoms with Crippen molar-refractivity contribution in [2.24, 2.45) is 0 Å². The van der Waals surface area contributed by atoms with Crippen LogP contribution in [0, 0.1) is 6.92 Å². The lowest BCUT2D eigenvalue weighted by Gasteiger charge is -2.22. The van der Waals surface area contributed by atoms with Crippen molar-refractivity contribution >= 4 is 11.9 Å². The fourth-order valence-corrected chi connectivity index (χ4v) is 3.14. The van der Waals surface area contributed by atoms with Gasteiger partial charge in [0.15, 0.2) is 0 Å². The second kappa shape index (κ2) is 7.70. The zero-order chi connectivity index (χ0) is 19.4. The van der Waals surface area contributed by atoms with Gasteiger partial charge >= 0.3 is 6.03 Å². The summed E-state index contributed by atoms with van der Waals surface area (Å²) in [5.41, 5.74) is 0.776. The van der Waals surface area contributed by atoms with Gasteiger partial charge in [-0.25, -0.2) is 4.79 Å². The smallest absolute Gasteiger partial charge is 0.325 e. The van der Waals surface area contributed by atoms with Gasteiger partial charge < -0.3 is 14.8 Å². The first kappa shape index (κ1) is 18.8. The van der Waals surface area contributed by atoms with E-state index in [0.29, 0.717) is 25.3 Å². The number of amides is 3. The van der Waals surface area contributed by atoms with Gasteiger partial charge in [-0.2, -0.15) is 0 Å². The minimum absolute atomic E-state index is 0.256. The van der Waals surface area contributed by atoms with E-state index in [9.17, 15) is 9.59 Å². The molecule has 3 amide bonds. The van der Waals surface area contributed by atoms with Gasteiger partial charge in [0.2, 0.25) is 0 Å². The van der Waals surface area contributed by atoms with E-state index in [1.165, 1.54) is 4.90 Å². The maximum absolute atomic E-state index is 12.9. The zero-order valence-corrected chi connectivity index (χ0v) is 15.8. The Morgan fingerprint density at radius 3 is 2.48 bits per heavy atom. The van der Waals surface area contributed by atoms with Gasteiger partial charge in [-0.05, 0) is 55.7 Å². The van der Waals surface area contributed by atoms with Crippen LogP contribution in [0.1, 0.15) is 24.5 Å². The Bertz CT molecular complexity index is 834. The number of ether oxygens (including phenoxy) is 2. The molecule has 0 aromatic heterocycles. The third-order valence-corrected chi connectivity index (χ3v) is 4.73. The third kappa shape index (κ3) is 3.89. The van der Waals surface area contributed by atoms with Crippen LogP contribution in [-0.2, 0) is 10.3 Å². The van der Waals surface area contributed by atoms with Crippen LogP contribution in [0.2, 0.25) is 0 Å². The molecule has 1 atom stereocenters. The average Bonchev–Trinajstić information content (AvgIpc) is 2.89. The molecule has 0 radical (unpaired) electrons. The molecule has 1 unspecified atom stereocenters. The summed E-state index contributed by atoms with van der Waals surface area (Å²) in [6, 6.07) is 14.5. The van der Waals surface area contributed by atoms with Crippen LogP contribution >= 0.6 is 0 Å².